The summed E-state index contributed by atoms with van der Waals surface area (Å²) in [5.41, 5.74) is 1.04. The number of imidazole rings is 1. The van der Waals surface area contributed by atoms with Crippen LogP contribution in [0.4, 0.5) is 0 Å². The fourth-order valence-corrected chi connectivity index (χ4v) is 1.63. The van der Waals surface area contributed by atoms with Gasteiger partial charge in [-0.2, -0.15) is 0 Å². The summed E-state index contributed by atoms with van der Waals surface area (Å²) in [5.74, 6) is 0.700. The Morgan fingerprint density at radius 2 is 2.18 bits per heavy atom. The molecule has 0 aliphatic heterocycles. The molecule has 0 aliphatic carbocycles. The summed E-state index contributed by atoms with van der Waals surface area (Å²) in [5, 5.41) is 0.463. The molecule has 2 rings (SSSR count). The van der Waals surface area contributed by atoms with Crippen molar-refractivity contribution in [3.8, 4) is 5.75 Å². The monoisotopic (exact) mass is 251 g/mol. The van der Waals surface area contributed by atoms with Gasteiger partial charge in [-0.15, -0.1) is 0 Å². The number of hydrogen-bond donors (Lipinski definition) is 0. The average Bonchev–Trinajstić information content (AvgIpc) is 2.76. The van der Waals surface area contributed by atoms with Crippen LogP contribution in [0, 0.1) is 0 Å². The molecule has 0 radical (unpaired) electrons. The molecule has 2 heterocycles. The number of hydrogen-bond acceptors (Lipinski definition) is 3. The van der Waals surface area contributed by atoms with E-state index in [1.165, 1.54) is 0 Å². The largest absolute Gasteiger partial charge is 0.486 e. The molecule has 90 valence electrons. The van der Waals surface area contributed by atoms with E-state index in [0.29, 0.717) is 23.6 Å². The minimum absolute atomic E-state index is 0.374. The highest BCUT2D eigenvalue weighted by atomic mass is 35.5. The lowest BCUT2D eigenvalue weighted by molar-refractivity contribution is 0.291. The summed E-state index contributed by atoms with van der Waals surface area (Å²) in [6.45, 7) is 4.69. The topological polar surface area (TPSA) is 39.9 Å². The van der Waals surface area contributed by atoms with Gasteiger partial charge in [0.05, 0.1) is 24.4 Å². The molecule has 0 bridgehead atoms. The summed E-state index contributed by atoms with van der Waals surface area (Å²) in [4.78, 5) is 8.07. The summed E-state index contributed by atoms with van der Waals surface area (Å²) < 4.78 is 7.69. The second-order valence-electron chi connectivity index (χ2n) is 3.99. The van der Waals surface area contributed by atoms with Crippen LogP contribution in [0.5, 0.6) is 5.75 Å². The van der Waals surface area contributed by atoms with E-state index in [1.54, 1.807) is 18.3 Å². The Labute approximate surface area is 105 Å². The molecule has 0 aliphatic rings. The molecule has 0 amide bonds. The zero-order valence-electron chi connectivity index (χ0n) is 9.80. The minimum Gasteiger partial charge on any atom is -0.486 e. The Hall–Kier alpha value is -1.55. The molecular weight excluding hydrogens is 238 g/mol. The Bertz CT molecular complexity index is 479. The van der Waals surface area contributed by atoms with Crippen LogP contribution >= 0.6 is 11.6 Å². The highest BCUT2D eigenvalue weighted by Gasteiger charge is 2.06. The summed E-state index contributed by atoms with van der Waals surface area (Å²) in [7, 11) is 0. The van der Waals surface area contributed by atoms with Gasteiger partial charge >= 0.3 is 0 Å². The van der Waals surface area contributed by atoms with E-state index in [1.807, 2.05) is 12.5 Å². The number of nitrogens with zero attached hydrogens (tertiary/aromatic N) is 3. The van der Waals surface area contributed by atoms with Crippen molar-refractivity contribution < 1.29 is 4.74 Å². The third-order valence-electron chi connectivity index (χ3n) is 2.39. The molecule has 5 heteroatoms. The molecule has 0 N–H and O–H groups in total. The zero-order valence-corrected chi connectivity index (χ0v) is 10.6. The first-order valence-corrected chi connectivity index (χ1v) is 5.79. The van der Waals surface area contributed by atoms with Crippen molar-refractivity contribution in [3.63, 3.8) is 0 Å². The lowest BCUT2D eigenvalue weighted by Gasteiger charge is -2.12. The maximum absolute atomic E-state index is 5.70. The van der Waals surface area contributed by atoms with Crippen molar-refractivity contribution in [1.82, 2.24) is 14.5 Å². The lowest BCUT2D eigenvalue weighted by Crippen LogP contribution is -2.07. The maximum Gasteiger partial charge on any atom is 0.138 e. The van der Waals surface area contributed by atoms with Crippen molar-refractivity contribution in [1.29, 1.82) is 0 Å². The van der Waals surface area contributed by atoms with Crippen molar-refractivity contribution in [3.05, 3.63) is 41.7 Å². The Balaban J connectivity index is 2.02. The predicted octanol–water partition coefficient (Wildman–Crippen LogP) is 3.09. The number of rotatable bonds is 4. The van der Waals surface area contributed by atoms with Gasteiger partial charge < -0.3 is 9.30 Å². The zero-order chi connectivity index (χ0) is 12.3. The number of aromatic nitrogens is 3. The first-order valence-electron chi connectivity index (χ1n) is 5.42. The second-order valence-corrected chi connectivity index (χ2v) is 4.38. The van der Waals surface area contributed by atoms with Crippen LogP contribution in [0.15, 0.2) is 30.9 Å². The van der Waals surface area contributed by atoms with Crippen LogP contribution < -0.4 is 4.74 Å². The van der Waals surface area contributed by atoms with Crippen LogP contribution in [0.3, 0.4) is 0 Å². The van der Waals surface area contributed by atoms with Gasteiger partial charge in [-0.1, -0.05) is 11.6 Å². The quantitative estimate of drug-likeness (QED) is 0.784. The van der Waals surface area contributed by atoms with Crippen molar-refractivity contribution in [2.24, 2.45) is 0 Å². The summed E-state index contributed by atoms with van der Waals surface area (Å²) >= 11 is 5.70. The van der Waals surface area contributed by atoms with Crippen molar-refractivity contribution in [2.45, 2.75) is 26.5 Å². The third-order valence-corrected chi connectivity index (χ3v) is 2.61. The van der Waals surface area contributed by atoms with Gasteiger partial charge in [0.25, 0.3) is 0 Å². The van der Waals surface area contributed by atoms with Gasteiger partial charge in [-0.05, 0) is 26.0 Å². The highest BCUT2D eigenvalue weighted by molar-refractivity contribution is 6.29. The molecule has 0 aromatic carbocycles. The smallest absolute Gasteiger partial charge is 0.138 e. The Kier molecular flexibility index (Phi) is 3.64. The number of pyridine rings is 1. The fraction of sp³-hybridized carbons (Fsp3) is 0.333. The summed E-state index contributed by atoms with van der Waals surface area (Å²) in [6, 6.07) is 3.88. The highest BCUT2D eigenvalue weighted by Crippen LogP contribution is 2.15. The van der Waals surface area contributed by atoms with E-state index in [4.69, 9.17) is 16.3 Å². The maximum atomic E-state index is 5.70. The predicted molar refractivity (Wildman–Crippen MR) is 66.2 cm³/mol. The molecule has 0 saturated heterocycles. The Morgan fingerprint density at radius 1 is 1.35 bits per heavy atom. The van der Waals surface area contributed by atoms with Crippen molar-refractivity contribution >= 4 is 11.6 Å². The van der Waals surface area contributed by atoms with Gasteiger partial charge in [0, 0.05) is 6.04 Å². The first kappa shape index (κ1) is 11.9. The molecule has 2 aromatic heterocycles. The molecule has 0 unspecified atom stereocenters. The van der Waals surface area contributed by atoms with Crippen LogP contribution in [0.1, 0.15) is 25.6 Å². The molecule has 2 aromatic rings. The van der Waals surface area contributed by atoms with Gasteiger partial charge in [0.1, 0.15) is 17.5 Å². The molecule has 4 nitrogen and oxygen atoms in total. The first-order chi connectivity index (χ1) is 8.16. The SMILES string of the molecule is CC(C)n1cncc1COc1ccc(Cl)nc1. The molecule has 0 saturated carbocycles. The average molecular weight is 252 g/mol. The standard InChI is InChI=1S/C12H14ClN3O/c1-9(2)16-8-14-5-10(16)7-17-11-3-4-12(13)15-6-11/h3-6,8-9H,7H2,1-2H3. The van der Waals surface area contributed by atoms with Crippen molar-refractivity contribution in [2.75, 3.05) is 0 Å². The molecule has 0 atom stereocenters. The van der Waals surface area contributed by atoms with Gasteiger partial charge in [-0.3, -0.25) is 0 Å². The van der Waals surface area contributed by atoms with E-state index in [2.05, 4.69) is 28.4 Å². The van der Waals surface area contributed by atoms with Gasteiger partial charge in [0.2, 0.25) is 0 Å². The van der Waals surface area contributed by atoms with Crippen LogP contribution in [-0.2, 0) is 6.61 Å². The molecule has 17 heavy (non-hydrogen) atoms. The van der Waals surface area contributed by atoms with E-state index in [9.17, 15) is 0 Å². The molecule has 0 spiro atoms. The van der Waals surface area contributed by atoms with E-state index in [-0.39, 0.29) is 0 Å². The fourth-order valence-electron chi connectivity index (χ4n) is 1.51. The van der Waals surface area contributed by atoms with E-state index in [0.717, 1.165) is 5.69 Å². The van der Waals surface area contributed by atoms with Crippen LogP contribution in [-0.4, -0.2) is 14.5 Å². The lowest BCUT2D eigenvalue weighted by atomic mass is 10.3. The van der Waals surface area contributed by atoms with Crippen LogP contribution in [0.2, 0.25) is 5.15 Å². The number of ether oxygens (including phenoxy) is 1. The van der Waals surface area contributed by atoms with Gasteiger partial charge in [0.15, 0.2) is 0 Å². The van der Waals surface area contributed by atoms with E-state index < -0.39 is 0 Å². The second kappa shape index (κ2) is 5.19. The van der Waals surface area contributed by atoms with Crippen LogP contribution in [0.25, 0.3) is 0 Å². The van der Waals surface area contributed by atoms with E-state index >= 15 is 0 Å². The molecule has 0 fully saturated rings. The summed E-state index contributed by atoms with van der Waals surface area (Å²) in [6.07, 6.45) is 5.23. The molecular formula is C12H14ClN3O. The number of halogens is 1. The Morgan fingerprint density at radius 3 is 2.82 bits per heavy atom. The van der Waals surface area contributed by atoms with Gasteiger partial charge in [-0.25, -0.2) is 9.97 Å². The minimum atomic E-state index is 0.374. The third kappa shape index (κ3) is 2.97. The normalized spacial score (nSPS) is 10.8.